The lowest BCUT2D eigenvalue weighted by Gasteiger charge is -2.02. The van der Waals surface area contributed by atoms with Crippen molar-refractivity contribution in [2.24, 2.45) is 0 Å². The summed E-state index contributed by atoms with van der Waals surface area (Å²) in [5, 5.41) is 25.5. The van der Waals surface area contributed by atoms with Crippen molar-refractivity contribution in [1.29, 1.82) is 0 Å². The molecular weight excluding hydrogens is 152 g/mol. The van der Waals surface area contributed by atoms with Gasteiger partial charge in [-0.05, 0) is 6.92 Å². The molecule has 5 heteroatoms. The minimum absolute atomic E-state index is 0.0327. The standard InChI is InChI=1S/C4H10O3.C2H4O2/c1-7-4(6)2-3-5;1-2(3)4/h4-6H,2-3H2,1H3;1H3,(H,3,4)/p-1. The molecule has 2 N–H and O–H groups in total. The van der Waals surface area contributed by atoms with E-state index in [0.717, 1.165) is 6.92 Å². The zero-order chi connectivity index (χ0) is 9.28. The van der Waals surface area contributed by atoms with Crippen molar-refractivity contribution in [3.8, 4) is 0 Å². The Morgan fingerprint density at radius 3 is 2.18 bits per heavy atom. The second kappa shape index (κ2) is 9.35. The molecule has 0 aliphatic carbocycles. The third kappa shape index (κ3) is 26.7. The Morgan fingerprint density at radius 1 is 1.73 bits per heavy atom. The Kier molecular flexibility index (Phi) is 11.0. The Balaban J connectivity index is 0. The quantitative estimate of drug-likeness (QED) is 0.476. The van der Waals surface area contributed by atoms with Crippen LogP contribution in [0, 0.1) is 0 Å². The number of carbonyl (C=O) groups is 1. The van der Waals surface area contributed by atoms with E-state index in [-0.39, 0.29) is 13.0 Å². The predicted molar refractivity (Wildman–Crippen MR) is 35.4 cm³/mol. The first-order valence-electron chi connectivity index (χ1n) is 3.03. The number of rotatable bonds is 3. The Morgan fingerprint density at radius 2 is 2.09 bits per heavy atom. The van der Waals surface area contributed by atoms with E-state index < -0.39 is 12.3 Å². The lowest BCUT2D eigenvalue weighted by atomic mass is 10.4. The molecule has 0 bridgehead atoms. The van der Waals surface area contributed by atoms with Gasteiger partial charge < -0.3 is 24.9 Å². The van der Waals surface area contributed by atoms with Crippen LogP contribution in [-0.2, 0) is 9.53 Å². The van der Waals surface area contributed by atoms with Gasteiger partial charge in [-0.25, -0.2) is 0 Å². The van der Waals surface area contributed by atoms with E-state index in [1.165, 1.54) is 7.11 Å². The average Bonchev–Trinajstić information content (AvgIpc) is 1.87. The molecule has 0 rings (SSSR count). The van der Waals surface area contributed by atoms with E-state index in [4.69, 9.17) is 20.1 Å². The molecule has 0 radical (unpaired) electrons. The van der Waals surface area contributed by atoms with Crippen molar-refractivity contribution >= 4 is 5.97 Å². The van der Waals surface area contributed by atoms with Crippen molar-refractivity contribution in [2.45, 2.75) is 19.6 Å². The van der Waals surface area contributed by atoms with Gasteiger partial charge in [0.05, 0.1) is 0 Å². The van der Waals surface area contributed by atoms with Gasteiger partial charge in [-0.1, -0.05) is 0 Å². The fourth-order valence-corrected chi connectivity index (χ4v) is 0.228. The number of aliphatic hydroxyl groups excluding tert-OH is 2. The number of carboxylic acid groups (broad SMARTS) is 1. The van der Waals surface area contributed by atoms with Gasteiger partial charge in [0.15, 0.2) is 6.29 Å². The molecule has 1 unspecified atom stereocenters. The highest BCUT2D eigenvalue weighted by atomic mass is 16.6. The molecule has 0 aliphatic heterocycles. The van der Waals surface area contributed by atoms with Crippen molar-refractivity contribution in [2.75, 3.05) is 13.7 Å². The van der Waals surface area contributed by atoms with Crippen LogP contribution < -0.4 is 5.11 Å². The second-order valence-corrected chi connectivity index (χ2v) is 1.69. The van der Waals surface area contributed by atoms with Crippen molar-refractivity contribution in [3.63, 3.8) is 0 Å². The highest BCUT2D eigenvalue weighted by molar-refractivity contribution is 5.60. The van der Waals surface area contributed by atoms with Crippen LogP contribution in [0.15, 0.2) is 0 Å². The smallest absolute Gasteiger partial charge is 0.156 e. The summed E-state index contributed by atoms with van der Waals surface area (Å²) >= 11 is 0. The fourth-order valence-electron chi connectivity index (χ4n) is 0.228. The minimum Gasteiger partial charge on any atom is -0.550 e. The molecule has 68 valence electrons. The number of methoxy groups -OCH3 is 1. The summed E-state index contributed by atoms with van der Waals surface area (Å²) in [6, 6.07) is 0. The fraction of sp³-hybridized carbons (Fsp3) is 0.833. The molecule has 0 heterocycles. The van der Waals surface area contributed by atoms with Crippen LogP contribution in [-0.4, -0.2) is 36.2 Å². The highest BCUT2D eigenvalue weighted by Crippen LogP contribution is 1.87. The van der Waals surface area contributed by atoms with Gasteiger partial charge in [0, 0.05) is 26.1 Å². The lowest BCUT2D eigenvalue weighted by Crippen LogP contribution is -2.16. The van der Waals surface area contributed by atoms with Crippen LogP contribution in [0.1, 0.15) is 13.3 Å². The first-order valence-corrected chi connectivity index (χ1v) is 3.03. The Bertz CT molecular complexity index is 89.0. The summed E-state index contributed by atoms with van der Waals surface area (Å²) in [5.74, 6) is -1.08. The number of ether oxygens (including phenoxy) is 1. The molecule has 0 aromatic heterocycles. The largest absolute Gasteiger partial charge is 0.550 e. The SMILES string of the molecule is CC(=O)[O-].COC(O)CCO. The molecule has 0 spiro atoms. The van der Waals surface area contributed by atoms with Crippen LogP contribution in [0.2, 0.25) is 0 Å². The topological polar surface area (TPSA) is 89.8 Å². The summed E-state index contributed by atoms with van der Waals surface area (Å²) < 4.78 is 4.39. The molecule has 0 saturated heterocycles. The van der Waals surface area contributed by atoms with Crippen molar-refractivity contribution in [3.05, 3.63) is 0 Å². The normalized spacial score (nSPS) is 11.3. The lowest BCUT2D eigenvalue weighted by molar-refractivity contribution is -0.302. The van der Waals surface area contributed by atoms with Gasteiger partial charge in [0.1, 0.15) is 0 Å². The number of aliphatic carboxylic acids is 1. The Hall–Kier alpha value is -0.650. The van der Waals surface area contributed by atoms with Crippen LogP contribution >= 0.6 is 0 Å². The van der Waals surface area contributed by atoms with E-state index in [1.54, 1.807) is 0 Å². The summed E-state index contributed by atoms with van der Waals surface area (Å²) in [6.07, 6.45) is -0.513. The van der Waals surface area contributed by atoms with Gasteiger partial charge >= 0.3 is 0 Å². The predicted octanol–water partition coefficient (Wildman–Crippen LogP) is -1.91. The maximum absolute atomic E-state index is 8.89. The molecule has 0 aliphatic rings. The number of hydrogen-bond donors (Lipinski definition) is 2. The molecule has 0 aromatic rings. The Labute approximate surface area is 65.2 Å². The maximum atomic E-state index is 8.89. The maximum Gasteiger partial charge on any atom is 0.156 e. The third-order valence-electron chi connectivity index (χ3n) is 0.648. The molecule has 0 fully saturated rings. The minimum atomic E-state index is -1.08. The number of carbonyl (C=O) groups excluding carboxylic acids is 1. The van der Waals surface area contributed by atoms with Gasteiger partial charge in [-0.2, -0.15) is 0 Å². The number of carboxylic acids is 1. The summed E-state index contributed by atoms with van der Waals surface area (Å²) in [6.45, 7) is 0.939. The van der Waals surface area contributed by atoms with Crippen LogP contribution in [0.4, 0.5) is 0 Å². The van der Waals surface area contributed by atoms with Crippen molar-refractivity contribution in [1.82, 2.24) is 0 Å². The molecule has 0 amide bonds. The summed E-state index contributed by atoms with van der Waals surface area (Å²) in [5.41, 5.74) is 0. The zero-order valence-corrected chi connectivity index (χ0v) is 6.61. The van der Waals surface area contributed by atoms with Crippen molar-refractivity contribution < 1.29 is 24.9 Å². The van der Waals surface area contributed by atoms with E-state index >= 15 is 0 Å². The van der Waals surface area contributed by atoms with Gasteiger partial charge in [-0.3, -0.25) is 0 Å². The first kappa shape index (κ1) is 13.0. The molecule has 1 atom stereocenters. The van der Waals surface area contributed by atoms with Gasteiger partial charge in [0.25, 0.3) is 0 Å². The monoisotopic (exact) mass is 165 g/mol. The number of hydrogen-bond acceptors (Lipinski definition) is 5. The van der Waals surface area contributed by atoms with Crippen LogP contribution in [0.3, 0.4) is 0 Å². The summed E-state index contributed by atoms with van der Waals surface area (Å²) in [7, 11) is 1.39. The molecule has 0 saturated carbocycles. The van der Waals surface area contributed by atoms with Gasteiger partial charge in [-0.15, -0.1) is 0 Å². The van der Waals surface area contributed by atoms with Gasteiger partial charge in [0.2, 0.25) is 0 Å². The zero-order valence-electron chi connectivity index (χ0n) is 6.61. The van der Waals surface area contributed by atoms with Crippen LogP contribution in [0.25, 0.3) is 0 Å². The average molecular weight is 165 g/mol. The molecule has 11 heavy (non-hydrogen) atoms. The second-order valence-electron chi connectivity index (χ2n) is 1.69. The van der Waals surface area contributed by atoms with E-state index in [1.807, 2.05) is 0 Å². The first-order chi connectivity index (χ1) is 5.04. The molecule has 5 nitrogen and oxygen atoms in total. The van der Waals surface area contributed by atoms with E-state index in [2.05, 4.69) is 4.74 Å². The number of aliphatic hydroxyl groups is 2. The van der Waals surface area contributed by atoms with Crippen LogP contribution in [0.5, 0.6) is 0 Å². The molecular formula is C6H13O5-. The van der Waals surface area contributed by atoms with E-state index in [0.29, 0.717) is 0 Å². The summed E-state index contributed by atoms with van der Waals surface area (Å²) in [4.78, 5) is 8.89. The highest BCUT2D eigenvalue weighted by Gasteiger charge is 1.95. The van der Waals surface area contributed by atoms with E-state index in [9.17, 15) is 0 Å². The molecule has 0 aromatic carbocycles. The third-order valence-corrected chi connectivity index (χ3v) is 0.648.